The van der Waals surface area contributed by atoms with E-state index in [-0.39, 0.29) is 5.91 Å². The zero-order valence-electron chi connectivity index (χ0n) is 9.34. The van der Waals surface area contributed by atoms with Crippen LogP contribution in [0, 0.1) is 6.92 Å². The van der Waals surface area contributed by atoms with Gasteiger partial charge in [-0.2, -0.15) is 5.10 Å². The minimum absolute atomic E-state index is 0.0642. The standard InChI is InChI=1S/C11H16N4O/c1-8-10(7-14-15-8)11(16)13-6-9-2-4-12-5-3-9/h2,7,12H,3-6H2,1H3,(H,13,16)(H,14,15). The maximum atomic E-state index is 11.8. The first kappa shape index (κ1) is 10.9. The van der Waals surface area contributed by atoms with Crippen molar-refractivity contribution in [3.8, 4) is 0 Å². The Kier molecular flexibility index (Phi) is 3.36. The van der Waals surface area contributed by atoms with Crippen LogP contribution in [0.1, 0.15) is 22.5 Å². The van der Waals surface area contributed by atoms with Crippen LogP contribution in [0.5, 0.6) is 0 Å². The molecule has 0 saturated carbocycles. The molecule has 0 aromatic carbocycles. The average molecular weight is 220 g/mol. The molecule has 3 N–H and O–H groups in total. The minimum atomic E-state index is -0.0642. The van der Waals surface area contributed by atoms with E-state index in [1.807, 2.05) is 6.92 Å². The first-order chi connectivity index (χ1) is 7.77. The van der Waals surface area contributed by atoms with Crippen molar-refractivity contribution in [2.45, 2.75) is 13.3 Å². The highest BCUT2D eigenvalue weighted by Gasteiger charge is 2.11. The second-order valence-corrected chi connectivity index (χ2v) is 3.91. The predicted octanol–water partition coefficient (Wildman–Crippen LogP) is 0.368. The van der Waals surface area contributed by atoms with Crippen LogP contribution in [0.3, 0.4) is 0 Å². The summed E-state index contributed by atoms with van der Waals surface area (Å²) in [5.74, 6) is -0.0642. The van der Waals surface area contributed by atoms with Gasteiger partial charge in [0.05, 0.1) is 11.8 Å². The van der Waals surface area contributed by atoms with Crippen molar-refractivity contribution in [1.29, 1.82) is 0 Å². The van der Waals surface area contributed by atoms with Gasteiger partial charge in [0.15, 0.2) is 0 Å². The maximum absolute atomic E-state index is 11.8. The van der Waals surface area contributed by atoms with Gasteiger partial charge in [0.2, 0.25) is 0 Å². The number of carbonyl (C=O) groups excluding carboxylic acids is 1. The summed E-state index contributed by atoms with van der Waals surface area (Å²) in [6.45, 7) is 4.36. The lowest BCUT2D eigenvalue weighted by molar-refractivity contribution is 0.0956. The number of hydrogen-bond donors (Lipinski definition) is 3. The van der Waals surface area contributed by atoms with E-state index < -0.39 is 0 Å². The molecule has 0 saturated heterocycles. The molecule has 1 aliphatic rings. The number of carbonyl (C=O) groups is 1. The van der Waals surface area contributed by atoms with Gasteiger partial charge >= 0.3 is 0 Å². The quantitative estimate of drug-likeness (QED) is 0.644. The summed E-state index contributed by atoms with van der Waals surface area (Å²) in [4.78, 5) is 11.8. The highest BCUT2D eigenvalue weighted by atomic mass is 16.1. The molecule has 1 aliphatic heterocycles. The van der Waals surface area contributed by atoms with Crippen LogP contribution in [-0.4, -0.2) is 35.7 Å². The first-order valence-electron chi connectivity index (χ1n) is 5.44. The van der Waals surface area contributed by atoms with E-state index in [1.165, 1.54) is 5.57 Å². The third-order valence-electron chi connectivity index (χ3n) is 2.71. The summed E-state index contributed by atoms with van der Waals surface area (Å²) < 4.78 is 0. The van der Waals surface area contributed by atoms with Gasteiger partial charge in [0.25, 0.3) is 5.91 Å². The van der Waals surface area contributed by atoms with Crippen LogP contribution in [0.2, 0.25) is 0 Å². The van der Waals surface area contributed by atoms with Crippen LogP contribution in [-0.2, 0) is 0 Å². The number of nitrogens with one attached hydrogen (secondary N) is 3. The Morgan fingerprint density at radius 2 is 2.50 bits per heavy atom. The van der Waals surface area contributed by atoms with Crippen molar-refractivity contribution in [2.75, 3.05) is 19.6 Å². The van der Waals surface area contributed by atoms with Gasteiger partial charge < -0.3 is 10.6 Å². The second-order valence-electron chi connectivity index (χ2n) is 3.91. The first-order valence-corrected chi connectivity index (χ1v) is 5.44. The van der Waals surface area contributed by atoms with Crippen LogP contribution in [0.4, 0.5) is 0 Å². The zero-order chi connectivity index (χ0) is 11.4. The Labute approximate surface area is 94.3 Å². The summed E-state index contributed by atoms with van der Waals surface area (Å²) in [5, 5.41) is 12.7. The van der Waals surface area contributed by atoms with Crippen LogP contribution in [0.15, 0.2) is 17.8 Å². The number of aromatic amines is 1. The van der Waals surface area contributed by atoms with Crippen molar-refractivity contribution < 1.29 is 4.79 Å². The lowest BCUT2D eigenvalue weighted by Gasteiger charge is -2.14. The second kappa shape index (κ2) is 4.94. The summed E-state index contributed by atoms with van der Waals surface area (Å²) >= 11 is 0. The van der Waals surface area contributed by atoms with Crippen molar-refractivity contribution in [3.05, 3.63) is 29.1 Å². The maximum Gasteiger partial charge on any atom is 0.254 e. The van der Waals surface area contributed by atoms with E-state index >= 15 is 0 Å². The zero-order valence-corrected chi connectivity index (χ0v) is 9.34. The van der Waals surface area contributed by atoms with Crippen LogP contribution < -0.4 is 10.6 Å². The van der Waals surface area contributed by atoms with E-state index in [0.717, 1.165) is 25.2 Å². The normalized spacial score (nSPS) is 15.7. The van der Waals surface area contributed by atoms with Gasteiger partial charge in [-0.1, -0.05) is 11.6 Å². The molecule has 0 spiro atoms. The molecule has 86 valence electrons. The number of H-pyrrole nitrogens is 1. The predicted molar refractivity (Wildman–Crippen MR) is 61.2 cm³/mol. The molecule has 1 aromatic rings. The SMILES string of the molecule is Cc1[nH]ncc1C(=O)NCC1=CCNCC1. The molecule has 2 rings (SSSR count). The molecule has 0 atom stereocenters. The fourth-order valence-electron chi connectivity index (χ4n) is 1.70. The molecule has 1 aromatic heterocycles. The Morgan fingerprint density at radius 1 is 1.62 bits per heavy atom. The number of nitrogens with zero attached hydrogens (tertiary/aromatic N) is 1. The lowest BCUT2D eigenvalue weighted by Crippen LogP contribution is -2.29. The van der Waals surface area contributed by atoms with Gasteiger partial charge in [-0.15, -0.1) is 0 Å². The fraction of sp³-hybridized carbons (Fsp3) is 0.455. The summed E-state index contributed by atoms with van der Waals surface area (Å²) in [6.07, 6.45) is 4.69. The van der Waals surface area contributed by atoms with Gasteiger partial charge in [-0.3, -0.25) is 9.89 Å². The highest BCUT2D eigenvalue weighted by Crippen LogP contribution is 2.05. The van der Waals surface area contributed by atoms with Gasteiger partial charge in [0.1, 0.15) is 0 Å². The largest absolute Gasteiger partial charge is 0.348 e. The summed E-state index contributed by atoms with van der Waals surface area (Å²) in [6, 6.07) is 0. The third kappa shape index (κ3) is 2.49. The summed E-state index contributed by atoms with van der Waals surface area (Å²) in [5.41, 5.74) is 2.71. The van der Waals surface area contributed by atoms with E-state index in [2.05, 4.69) is 26.9 Å². The molecule has 16 heavy (non-hydrogen) atoms. The molecule has 0 bridgehead atoms. The van der Waals surface area contributed by atoms with Gasteiger partial charge in [-0.05, 0) is 19.9 Å². The number of aromatic nitrogens is 2. The molecule has 0 fully saturated rings. The third-order valence-corrected chi connectivity index (χ3v) is 2.71. The number of aryl methyl sites for hydroxylation is 1. The molecule has 5 nitrogen and oxygen atoms in total. The monoisotopic (exact) mass is 220 g/mol. The van der Waals surface area contributed by atoms with Gasteiger partial charge in [0, 0.05) is 18.8 Å². The topological polar surface area (TPSA) is 69.8 Å². The molecular weight excluding hydrogens is 204 g/mol. The molecule has 2 heterocycles. The van der Waals surface area contributed by atoms with E-state index in [1.54, 1.807) is 6.20 Å². The Balaban J connectivity index is 1.89. The number of rotatable bonds is 3. The van der Waals surface area contributed by atoms with Crippen LogP contribution >= 0.6 is 0 Å². The molecular formula is C11H16N4O. The Morgan fingerprint density at radius 3 is 3.12 bits per heavy atom. The highest BCUT2D eigenvalue weighted by molar-refractivity contribution is 5.95. The molecule has 1 amide bonds. The van der Waals surface area contributed by atoms with Crippen molar-refractivity contribution in [3.63, 3.8) is 0 Å². The average Bonchev–Trinajstić information content (AvgIpc) is 2.74. The number of hydrogen-bond acceptors (Lipinski definition) is 3. The van der Waals surface area contributed by atoms with Crippen molar-refractivity contribution in [1.82, 2.24) is 20.8 Å². The molecule has 0 radical (unpaired) electrons. The molecule has 0 unspecified atom stereocenters. The minimum Gasteiger partial charge on any atom is -0.348 e. The fourth-order valence-corrected chi connectivity index (χ4v) is 1.70. The smallest absolute Gasteiger partial charge is 0.254 e. The Hall–Kier alpha value is -1.62. The van der Waals surface area contributed by atoms with Gasteiger partial charge in [-0.25, -0.2) is 0 Å². The lowest BCUT2D eigenvalue weighted by atomic mass is 10.1. The molecule has 5 heteroatoms. The summed E-state index contributed by atoms with van der Waals surface area (Å²) in [7, 11) is 0. The van der Waals surface area contributed by atoms with E-state index in [0.29, 0.717) is 12.1 Å². The Bertz CT molecular complexity index is 408. The van der Waals surface area contributed by atoms with Crippen molar-refractivity contribution >= 4 is 5.91 Å². The van der Waals surface area contributed by atoms with E-state index in [4.69, 9.17) is 0 Å². The molecule has 0 aliphatic carbocycles. The van der Waals surface area contributed by atoms with E-state index in [9.17, 15) is 4.79 Å². The van der Waals surface area contributed by atoms with Crippen molar-refractivity contribution in [2.24, 2.45) is 0 Å². The number of amides is 1. The van der Waals surface area contributed by atoms with Crippen LogP contribution in [0.25, 0.3) is 0 Å².